The Morgan fingerprint density at radius 2 is 1.31 bits per heavy atom. The Balaban J connectivity index is 0.000000393. The first-order valence-electron chi connectivity index (χ1n) is 15.2. The molecule has 5 N–H and O–H groups in total. The minimum Gasteiger partial charge on any atom is -0.475 e. The molecule has 0 radical (unpaired) electrons. The van der Waals surface area contributed by atoms with Crippen LogP contribution in [0.5, 0.6) is 0 Å². The molecule has 2 aromatic heterocycles. The number of aliphatic carboxylic acids is 3. The van der Waals surface area contributed by atoms with E-state index in [0.29, 0.717) is 25.3 Å². The largest absolute Gasteiger partial charge is 0.490 e. The van der Waals surface area contributed by atoms with Gasteiger partial charge in [0, 0.05) is 56.7 Å². The van der Waals surface area contributed by atoms with Crippen LogP contribution in [0.4, 0.5) is 39.5 Å². The van der Waals surface area contributed by atoms with E-state index in [0.717, 1.165) is 48.9 Å². The summed E-state index contributed by atoms with van der Waals surface area (Å²) in [5.41, 5.74) is 1.98. The molecular weight excluding hydrogens is 755 g/mol. The van der Waals surface area contributed by atoms with Gasteiger partial charge in [-0.3, -0.25) is 24.5 Å². The van der Waals surface area contributed by atoms with Crippen LogP contribution >= 0.6 is 0 Å². The highest BCUT2D eigenvalue weighted by Gasteiger charge is 2.50. The lowest BCUT2D eigenvalue weighted by Crippen LogP contribution is -2.56. The molecule has 0 saturated carbocycles. The first kappa shape index (κ1) is 44.6. The molecule has 0 unspecified atom stereocenters. The standard InChI is InChI=1S/C25H28N6O2.3C2HF3O2/c32-23(21-7-1-5-20-6-3-11-27-22(20)21)28-12-15-30-13-8-25(9-14-30)24(33)29-18-31(25)17-19-4-2-10-26-16-19;3*3-2(4,5)1(6)7/h1-7,10-11,16H,8-9,12-15,17-18H2,(H,28,32)(H,29,33);3*(H,6,7). The molecule has 23 heteroatoms. The molecular formula is C31H31F9N6O8. The Labute approximate surface area is 298 Å². The number of nitrogens with zero attached hydrogens (tertiary/aromatic N) is 4. The molecule has 1 spiro atoms. The number of hydrogen-bond donors (Lipinski definition) is 5. The first-order chi connectivity index (χ1) is 25.0. The first-order valence-corrected chi connectivity index (χ1v) is 15.2. The fourth-order valence-corrected chi connectivity index (χ4v) is 4.95. The lowest BCUT2D eigenvalue weighted by atomic mass is 9.86. The lowest BCUT2D eigenvalue weighted by Gasteiger charge is -2.42. The van der Waals surface area contributed by atoms with Gasteiger partial charge in [-0.25, -0.2) is 14.4 Å². The molecule has 3 aromatic rings. The number of carbonyl (C=O) groups is 5. The smallest absolute Gasteiger partial charge is 0.475 e. The number of amides is 2. The van der Waals surface area contributed by atoms with Gasteiger partial charge in [-0.15, -0.1) is 0 Å². The van der Waals surface area contributed by atoms with Crippen LogP contribution in [0.1, 0.15) is 28.8 Å². The van der Waals surface area contributed by atoms with E-state index in [4.69, 9.17) is 29.7 Å². The number of benzene rings is 1. The fraction of sp³-hybridized carbons (Fsp3) is 0.387. The number of pyridine rings is 2. The lowest BCUT2D eigenvalue weighted by molar-refractivity contribution is -0.193. The van der Waals surface area contributed by atoms with Gasteiger partial charge in [0.1, 0.15) is 5.54 Å². The van der Waals surface area contributed by atoms with Gasteiger partial charge >= 0.3 is 36.4 Å². The number of piperidine rings is 1. The summed E-state index contributed by atoms with van der Waals surface area (Å²) in [6.07, 6.45) is -8.36. The predicted molar refractivity (Wildman–Crippen MR) is 166 cm³/mol. The molecule has 2 saturated heterocycles. The summed E-state index contributed by atoms with van der Waals surface area (Å²) in [5.74, 6) is -8.25. The van der Waals surface area contributed by atoms with E-state index in [1.54, 1.807) is 12.4 Å². The molecule has 2 aliphatic rings. The number of fused-ring (bicyclic) bond motifs is 1. The van der Waals surface area contributed by atoms with Crippen LogP contribution in [-0.2, 0) is 25.7 Å². The summed E-state index contributed by atoms with van der Waals surface area (Å²) in [6.45, 7) is 4.24. The molecule has 5 rings (SSSR count). The van der Waals surface area contributed by atoms with Gasteiger partial charge in [0.15, 0.2) is 0 Å². The molecule has 296 valence electrons. The second kappa shape index (κ2) is 19.0. The van der Waals surface area contributed by atoms with Crippen LogP contribution in [0.25, 0.3) is 10.9 Å². The third kappa shape index (κ3) is 13.4. The second-order valence-electron chi connectivity index (χ2n) is 11.1. The third-order valence-corrected chi connectivity index (χ3v) is 7.56. The number of carboxylic acids is 3. The van der Waals surface area contributed by atoms with Gasteiger partial charge in [-0.2, -0.15) is 39.5 Å². The van der Waals surface area contributed by atoms with Crippen molar-refractivity contribution in [2.45, 2.75) is 43.5 Å². The average Bonchev–Trinajstić information content (AvgIpc) is 3.38. The van der Waals surface area contributed by atoms with E-state index >= 15 is 0 Å². The van der Waals surface area contributed by atoms with Gasteiger partial charge in [0.25, 0.3) is 5.91 Å². The van der Waals surface area contributed by atoms with Crippen molar-refractivity contribution >= 4 is 40.6 Å². The summed E-state index contributed by atoms with van der Waals surface area (Å²) in [6, 6.07) is 13.5. The molecule has 14 nitrogen and oxygen atoms in total. The van der Waals surface area contributed by atoms with Crippen LogP contribution in [0.15, 0.2) is 61.1 Å². The molecule has 2 fully saturated rings. The summed E-state index contributed by atoms with van der Waals surface area (Å²) >= 11 is 0. The molecule has 4 heterocycles. The molecule has 0 aliphatic carbocycles. The Kier molecular flexibility index (Phi) is 15.6. The van der Waals surface area contributed by atoms with Gasteiger partial charge in [0.05, 0.1) is 17.7 Å². The average molecular weight is 787 g/mol. The maximum absolute atomic E-state index is 12.8. The second-order valence-corrected chi connectivity index (χ2v) is 11.1. The quantitative estimate of drug-likeness (QED) is 0.227. The van der Waals surface area contributed by atoms with Gasteiger partial charge in [-0.1, -0.05) is 24.3 Å². The Morgan fingerprint density at radius 1 is 0.796 bits per heavy atom. The Morgan fingerprint density at radius 3 is 1.81 bits per heavy atom. The zero-order valence-electron chi connectivity index (χ0n) is 27.5. The number of likely N-dealkylation sites (tertiary alicyclic amines) is 1. The Hall–Kier alpha value is -5.58. The van der Waals surface area contributed by atoms with E-state index in [1.165, 1.54) is 0 Å². The number of halogens is 9. The highest BCUT2D eigenvalue weighted by molar-refractivity contribution is 6.05. The van der Waals surface area contributed by atoms with Crippen LogP contribution in [0.2, 0.25) is 0 Å². The van der Waals surface area contributed by atoms with Crippen LogP contribution in [-0.4, -0.2) is 122 Å². The Bertz CT molecular complexity index is 1690. The van der Waals surface area contributed by atoms with Crippen molar-refractivity contribution in [3.8, 4) is 0 Å². The van der Waals surface area contributed by atoms with Crippen LogP contribution in [0.3, 0.4) is 0 Å². The van der Waals surface area contributed by atoms with Gasteiger partial charge in [-0.05, 0) is 36.6 Å². The van der Waals surface area contributed by atoms with E-state index in [9.17, 15) is 49.1 Å². The monoisotopic (exact) mass is 786 g/mol. The van der Waals surface area contributed by atoms with Gasteiger partial charge in [0.2, 0.25) is 5.91 Å². The van der Waals surface area contributed by atoms with E-state index in [-0.39, 0.29) is 11.8 Å². The molecule has 54 heavy (non-hydrogen) atoms. The third-order valence-electron chi connectivity index (χ3n) is 7.56. The van der Waals surface area contributed by atoms with Crippen molar-refractivity contribution in [1.29, 1.82) is 0 Å². The molecule has 2 aliphatic heterocycles. The van der Waals surface area contributed by atoms with E-state index in [2.05, 4.69) is 30.4 Å². The number of para-hydroxylation sites is 1. The summed E-state index contributed by atoms with van der Waals surface area (Å²) < 4.78 is 95.2. The number of rotatable bonds is 6. The topological polar surface area (TPSA) is 202 Å². The zero-order valence-corrected chi connectivity index (χ0v) is 27.5. The van der Waals surface area contributed by atoms with E-state index in [1.807, 2.05) is 48.7 Å². The molecule has 2 amide bonds. The highest BCUT2D eigenvalue weighted by Crippen LogP contribution is 2.33. The van der Waals surface area contributed by atoms with Crippen molar-refractivity contribution in [1.82, 2.24) is 30.4 Å². The van der Waals surface area contributed by atoms with Crippen molar-refractivity contribution in [2.24, 2.45) is 0 Å². The van der Waals surface area contributed by atoms with Crippen molar-refractivity contribution < 1.29 is 78.8 Å². The number of alkyl halides is 9. The molecule has 1 aromatic carbocycles. The number of aromatic nitrogens is 2. The van der Waals surface area contributed by atoms with Crippen LogP contribution in [0, 0.1) is 0 Å². The summed E-state index contributed by atoms with van der Waals surface area (Å²) in [7, 11) is 0. The SMILES string of the molecule is O=C(NCCN1CCC2(CC1)C(=O)NCN2Cc1cccnc1)c1cccc2cccnc12.O=C(O)C(F)(F)F.O=C(O)C(F)(F)F.O=C(O)C(F)(F)F. The fourth-order valence-electron chi connectivity index (χ4n) is 4.95. The maximum atomic E-state index is 12.8. The molecule has 0 atom stereocenters. The van der Waals surface area contributed by atoms with Crippen LogP contribution < -0.4 is 10.6 Å². The summed E-state index contributed by atoms with van der Waals surface area (Å²) in [4.78, 5) is 65.3. The zero-order chi connectivity index (χ0) is 40.9. The normalized spacial score (nSPS) is 15.7. The highest BCUT2D eigenvalue weighted by atomic mass is 19.4. The minimum absolute atomic E-state index is 0.106. The number of nitrogens with one attached hydrogen (secondary N) is 2. The van der Waals surface area contributed by atoms with Crippen molar-refractivity contribution in [3.63, 3.8) is 0 Å². The van der Waals surface area contributed by atoms with Crippen molar-refractivity contribution in [3.05, 3.63) is 72.2 Å². The number of carbonyl (C=O) groups excluding carboxylic acids is 2. The summed E-state index contributed by atoms with van der Waals surface area (Å²) in [5, 5.41) is 28.4. The number of carboxylic acid groups (broad SMARTS) is 3. The van der Waals surface area contributed by atoms with E-state index < -0.39 is 42.0 Å². The van der Waals surface area contributed by atoms with Gasteiger partial charge < -0.3 is 30.9 Å². The predicted octanol–water partition coefficient (Wildman–Crippen LogP) is 3.68. The maximum Gasteiger partial charge on any atom is 0.490 e. The van der Waals surface area contributed by atoms with Crippen molar-refractivity contribution in [2.75, 3.05) is 32.8 Å². The molecule has 0 bridgehead atoms. The number of hydrogen-bond acceptors (Lipinski definition) is 9. The minimum atomic E-state index is -5.08.